The largest absolute Gasteiger partial charge is 0.497 e. The number of benzene rings is 1. The Kier molecular flexibility index (Phi) is 4.55. The number of rotatable bonds is 6. The van der Waals surface area contributed by atoms with E-state index in [2.05, 4.69) is 0 Å². The van der Waals surface area contributed by atoms with Gasteiger partial charge in [0.05, 0.1) is 19.4 Å². The van der Waals surface area contributed by atoms with Crippen LogP contribution >= 0.6 is 0 Å². The Labute approximate surface area is 115 Å². The first kappa shape index (κ1) is 14.3. The van der Waals surface area contributed by atoms with Crippen LogP contribution in [0.2, 0.25) is 0 Å². The van der Waals surface area contributed by atoms with Crippen LogP contribution in [0.5, 0.6) is 5.75 Å². The molecule has 0 bridgehead atoms. The van der Waals surface area contributed by atoms with Crippen molar-refractivity contribution in [3.8, 4) is 5.75 Å². The summed E-state index contributed by atoms with van der Waals surface area (Å²) in [5.41, 5.74) is 1.33. The van der Waals surface area contributed by atoms with Crippen molar-refractivity contribution in [2.24, 2.45) is 0 Å². The number of halogens is 2. The molecule has 1 aromatic carbocycles. The summed E-state index contributed by atoms with van der Waals surface area (Å²) in [5.74, 6) is 0.210. The quantitative estimate of drug-likeness (QED) is 0.750. The molecule has 0 aromatic heterocycles. The molecule has 0 spiro atoms. The number of nitrogens with zero attached hydrogens (tertiary/aromatic N) is 1. The third-order valence-corrected chi connectivity index (χ3v) is 2.94. The van der Waals surface area contributed by atoms with Crippen molar-refractivity contribution in [2.75, 3.05) is 20.3 Å². The number of carbonyl (C=O) groups excluding carboxylic acids is 1. The summed E-state index contributed by atoms with van der Waals surface area (Å²) in [4.78, 5) is 12.5. The van der Waals surface area contributed by atoms with Crippen LogP contribution in [0.25, 0.3) is 0 Å². The van der Waals surface area contributed by atoms with E-state index in [9.17, 15) is 13.6 Å². The lowest BCUT2D eigenvalue weighted by molar-refractivity contribution is -0.135. The van der Waals surface area contributed by atoms with Gasteiger partial charge in [-0.2, -0.15) is 0 Å². The van der Waals surface area contributed by atoms with Crippen LogP contribution in [0.15, 0.2) is 36.0 Å². The van der Waals surface area contributed by atoms with Crippen molar-refractivity contribution >= 4 is 5.97 Å². The van der Waals surface area contributed by atoms with Crippen LogP contribution in [0, 0.1) is 0 Å². The van der Waals surface area contributed by atoms with E-state index in [0.29, 0.717) is 11.4 Å². The summed E-state index contributed by atoms with van der Waals surface area (Å²) in [7, 11) is 1.56. The normalized spacial score (nSPS) is 14.2. The molecular weight excluding hydrogens is 268 g/mol. The molecule has 1 heterocycles. The number of alkyl halides is 2. The van der Waals surface area contributed by atoms with Crippen molar-refractivity contribution in [2.45, 2.75) is 13.0 Å². The summed E-state index contributed by atoms with van der Waals surface area (Å²) in [6.45, 7) is -0.104. The van der Waals surface area contributed by atoms with Crippen LogP contribution < -0.4 is 4.74 Å². The molecule has 4 nitrogen and oxygen atoms in total. The topological polar surface area (TPSA) is 38.8 Å². The number of carbonyl (C=O) groups is 1. The van der Waals surface area contributed by atoms with E-state index in [0.717, 1.165) is 5.56 Å². The molecule has 0 unspecified atom stereocenters. The lowest BCUT2D eigenvalue weighted by Gasteiger charge is -2.24. The van der Waals surface area contributed by atoms with Gasteiger partial charge in [0, 0.05) is 12.6 Å². The zero-order valence-corrected chi connectivity index (χ0v) is 11.0. The van der Waals surface area contributed by atoms with Gasteiger partial charge in [0.2, 0.25) is 0 Å². The molecular formula is C14H15F2NO3. The monoisotopic (exact) mass is 283 g/mol. The van der Waals surface area contributed by atoms with Gasteiger partial charge in [-0.3, -0.25) is 0 Å². The lowest BCUT2D eigenvalue weighted by atomic mass is 10.2. The van der Waals surface area contributed by atoms with E-state index in [4.69, 9.17) is 9.47 Å². The molecule has 0 amide bonds. The Morgan fingerprint density at radius 1 is 1.35 bits per heavy atom. The second kappa shape index (κ2) is 6.36. The number of esters is 1. The van der Waals surface area contributed by atoms with Gasteiger partial charge in [0.25, 0.3) is 6.43 Å². The van der Waals surface area contributed by atoms with Crippen LogP contribution in [0.3, 0.4) is 0 Å². The molecule has 0 N–H and O–H groups in total. The van der Waals surface area contributed by atoms with E-state index in [-0.39, 0.29) is 13.2 Å². The molecule has 1 aromatic rings. The number of cyclic esters (lactones) is 1. The summed E-state index contributed by atoms with van der Waals surface area (Å²) < 4.78 is 35.1. The summed E-state index contributed by atoms with van der Waals surface area (Å²) in [6, 6.07) is 7.13. The molecule has 0 aliphatic carbocycles. The van der Waals surface area contributed by atoms with E-state index in [1.165, 1.54) is 11.0 Å². The maximum Gasteiger partial charge on any atom is 0.333 e. The van der Waals surface area contributed by atoms with Crippen LogP contribution in [0.4, 0.5) is 8.78 Å². The molecule has 0 saturated carbocycles. The average Bonchev–Trinajstić information content (AvgIpc) is 2.85. The number of ether oxygens (including phenoxy) is 2. The van der Waals surface area contributed by atoms with Gasteiger partial charge in [-0.05, 0) is 17.7 Å². The summed E-state index contributed by atoms with van der Waals surface area (Å²) >= 11 is 0. The predicted molar refractivity (Wildman–Crippen MR) is 68.5 cm³/mol. The van der Waals surface area contributed by atoms with Gasteiger partial charge in [-0.1, -0.05) is 12.1 Å². The standard InChI is InChI=1S/C14H15F2NO3/c1-19-12-4-2-10(3-5-12)7-17(8-13(15)16)11-6-14(18)20-9-11/h2-6,13H,7-9H2,1H3. The summed E-state index contributed by atoms with van der Waals surface area (Å²) in [6.07, 6.45) is -1.23. The Bertz CT molecular complexity index is 500. The molecule has 0 atom stereocenters. The predicted octanol–water partition coefficient (Wildman–Crippen LogP) is 2.20. The lowest BCUT2D eigenvalue weighted by Crippen LogP contribution is -2.28. The van der Waals surface area contributed by atoms with Gasteiger partial charge in [0.15, 0.2) is 0 Å². The maximum atomic E-state index is 12.6. The fourth-order valence-electron chi connectivity index (χ4n) is 1.95. The van der Waals surface area contributed by atoms with Crippen molar-refractivity contribution in [1.82, 2.24) is 4.90 Å². The highest BCUT2D eigenvalue weighted by atomic mass is 19.3. The Morgan fingerprint density at radius 3 is 2.55 bits per heavy atom. The Balaban J connectivity index is 2.10. The number of hydrogen-bond acceptors (Lipinski definition) is 4. The molecule has 1 aliphatic heterocycles. The van der Waals surface area contributed by atoms with Crippen LogP contribution in [0.1, 0.15) is 5.56 Å². The second-order valence-corrected chi connectivity index (χ2v) is 4.36. The molecule has 0 saturated heterocycles. The SMILES string of the molecule is COc1ccc(CN(CC(F)F)C2=CC(=O)OC2)cc1. The Hall–Kier alpha value is -2.11. The summed E-state index contributed by atoms with van der Waals surface area (Å²) in [5, 5.41) is 0. The van der Waals surface area contributed by atoms with Crippen LogP contribution in [-0.4, -0.2) is 37.6 Å². The minimum Gasteiger partial charge on any atom is -0.497 e. The van der Waals surface area contributed by atoms with Gasteiger partial charge in [-0.15, -0.1) is 0 Å². The molecule has 108 valence electrons. The molecule has 0 radical (unpaired) electrons. The van der Waals surface area contributed by atoms with Gasteiger partial charge in [-0.25, -0.2) is 13.6 Å². The number of hydrogen-bond donors (Lipinski definition) is 0. The highest BCUT2D eigenvalue weighted by molar-refractivity contribution is 5.85. The van der Waals surface area contributed by atoms with Crippen molar-refractivity contribution in [3.63, 3.8) is 0 Å². The first-order chi connectivity index (χ1) is 9.58. The third kappa shape index (κ3) is 3.69. The number of methoxy groups -OCH3 is 1. The maximum absolute atomic E-state index is 12.6. The highest BCUT2D eigenvalue weighted by Crippen LogP contribution is 2.19. The minimum absolute atomic E-state index is 0.0434. The molecule has 6 heteroatoms. The second-order valence-electron chi connectivity index (χ2n) is 4.36. The molecule has 0 fully saturated rings. The van der Waals surface area contributed by atoms with Crippen molar-refractivity contribution in [1.29, 1.82) is 0 Å². The zero-order valence-electron chi connectivity index (χ0n) is 11.0. The Morgan fingerprint density at radius 2 is 2.05 bits per heavy atom. The first-order valence-corrected chi connectivity index (χ1v) is 6.12. The average molecular weight is 283 g/mol. The van der Waals surface area contributed by atoms with E-state index in [1.54, 1.807) is 31.4 Å². The van der Waals surface area contributed by atoms with Gasteiger partial charge in [0.1, 0.15) is 12.4 Å². The molecule has 2 rings (SSSR count). The highest BCUT2D eigenvalue weighted by Gasteiger charge is 2.22. The van der Waals surface area contributed by atoms with E-state index in [1.807, 2.05) is 0 Å². The van der Waals surface area contributed by atoms with Gasteiger partial charge >= 0.3 is 5.97 Å². The van der Waals surface area contributed by atoms with Crippen LogP contribution in [-0.2, 0) is 16.1 Å². The molecule has 20 heavy (non-hydrogen) atoms. The zero-order chi connectivity index (χ0) is 14.5. The third-order valence-electron chi connectivity index (χ3n) is 2.94. The fraction of sp³-hybridized carbons (Fsp3) is 0.357. The first-order valence-electron chi connectivity index (χ1n) is 6.12. The van der Waals surface area contributed by atoms with E-state index >= 15 is 0 Å². The minimum atomic E-state index is -2.48. The van der Waals surface area contributed by atoms with E-state index < -0.39 is 18.9 Å². The fourth-order valence-corrected chi connectivity index (χ4v) is 1.95. The molecule has 1 aliphatic rings. The van der Waals surface area contributed by atoms with Crippen molar-refractivity contribution in [3.05, 3.63) is 41.6 Å². The van der Waals surface area contributed by atoms with Gasteiger partial charge < -0.3 is 14.4 Å². The van der Waals surface area contributed by atoms with Crippen molar-refractivity contribution < 1.29 is 23.0 Å². The smallest absolute Gasteiger partial charge is 0.333 e.